The summed E-state index contributed by atoms with van der Waals surface area (Å²) in [5.41, 5.74) is 3.74. The number of aromatic nitrogens is 2. The zero-order valence-electron chi connectivity index (χ0n) is 8.51. The van der Waals surface area contributed by atoms with Gasteiger partial charge >= 0.3 is 0 Å². The largest absolute Gasteiger partial charge is 0.392 e. The topological polar surface area (TPSA) is 46.0 Å². The molecule has 3 heteroatoms. The summed E-state index contributed by atoms with van der Waals surface area (Å²) < 4.78 is 0. The summed E-state index contributed by atoms with van der Waals surface area (Å²) in [4.78, 5) is 8.36. The zero-order valence-corrected chi connectivity index (χ0v) is 8.51. The van der Waals surface area contributed by atoms with Crippen LogP contribution in [-0.4, -0.2) is 15.1 Å². The van der Waals surface area contributed by atoms with Crippen molar-refractivity contribution in [2.45, 2.75) is 13.5 Å². The highest BCUT2D eigenvalue weighted by Crippen LogP contribution is 2.16. The third kappa shape index (κ3) is 2.19. The molecule has 76 valence electrons. The lowest BCUT2D eigenvalue weighted by Gasteiger charge is -2.02. The number of aryl methyl sites for hydroxylation is 1. The monoisotopic (exact) mass is 200 g/mol. The van der Waals surface area contributed by atoms with E-state index < -0.39 is 0 Å². The minimum atomic E-state index is 0.00665. The molecule has 2 rings (SSSR count). The van der Waals surface area contributed by atoms with Gasteiger partial charge in [0.05, 0.1) is 12.3 Å². The van der Waals surface area contributed by atoms with Crippen LogP contribution in [0.3, 0.4) is 0 Å². The smallest absolute Gasteiger partial charge is 0.0717 e. The van der Waals surface area contributed by atoms with Crippen molar-refractivity contribution in [3.05, 3.63) is 47.9 Å². The SMILES string of the molecule is Cc1ccc(-c2cncc(CO)c2)nc1. The van der Waals surface area contributed by atoms with E-state index in [0.717, 1.165) is 22.4 Å². The first-order valence-corrected chi connectivity index (χ1v) is 4.77. The lowest BCUT2D eigenvalue weighted by molar-refractivity contribution is 0.281. The van der Waals surface area contributed by atoms with E-state index in [2.05, 4.69) is 9.97 Å². The number of hydrogen-bond acceptors (Lipinski definition) is 3. The maximum absolute atomic E-state index is 8.99. The minimum Gasteiger partial charge on any atom is -0.392 e. The van der Waals surface area contributed by atoms with Crippen molar-refractivity contribution in [3.63, 3.8) is 0 Å². The minimum absolute atomic E-state index is 0.00665. The third-order valence-corrected chi connectivity index (χ3v) is 2.18. The Morgan fingerprint density at radius 3 is 2.73 bits per heavy atom. The molecule has 0 aliphatic rings. The van der Waals surface area contributed by atoms with Gasteiger partial charge in [0.1, 0.15) is 0 Å². The Labute approximate surface area is 88.5 Å². The van der Waals surface area contributed by atoms with Crippen LogP contribution in [-0.2, 0) is 6.61 Å². The van der Waals surface area contributed by atoms with Crippen LogP contribution in [0.2, 0.25) is 0 Å². The fourth-order valence-corrected chi connectivity index (χ4v) is 1.35. The number of aliphatic hydroxyl groups is 1. The molecule has 0 atom stereocenters. The number of aliphatic hydroxyl groups excluding tert-OH is 1. The Bertz CT molecular complexity index is 451. The van der Waals surface area contributed by atoms with Gasteiger partial charge in [-0.1, -0.05) is 6.07 Å². The van der Waals surface area contributed by atoms with Crippen LogP contribution in [0.5, 0.6) is 0 Å². The predicted octanol–water partition coefficient (Wildman–Crippen LogP) is 1.94. The van der Waals surface area contributed by atoms with Crippen LogP contribution in [0, 0.1) is 6.92 Å². The first-order chi connectivity index (χ1) is 7.29. The summed E-state index contributed by atoms with van der Waals surface area (Å²) in [7, 11) is 0. The second-order valence-corrected chi connectivity index (χ2v) is 3.46. The van der Waals surface area contributed by atoms with Crippen molar-refractivity contribution in [1.29, 1.82) is 0 Å². The maximum atomic E-state index is 8.99. The molecule has 0 spiro atoms. The van der Waals surface area contributed by atoms with Gasteiger partial charge in [-0.2, -0.15) is 0 Å². The second kappa shape index (κ2) is 4.19. The van der Waals surface area contributed by atoms with E-state index in [1.807, 2.05) is 31.3 Å². The summed E-state index contributed by atoms with van der Waals surface area (Å²) >= 11 is 0. The molecule has 0 unspecified atom stereocenters. The first-order valence-electron chi connectivity index (χ1n) is 4.77. The van der Waals surface area contributed by atoms with Crippen molar-refractivity contribution in [1.82, 2.24) is 9.97 Å². The van der Waals surface area contributed by atoms with E-state index in [1.165, 1.54) is 0 Å². The van der Waals surface area contributed by atoms with E-state index in [4.69, 9.17) is 5.11 Å². The fourth-order valence-electron chi connectivity index (χ4n) is 1.35. The summed E-state index contributed by atoms with van der Waals surface area (Å²) in [5.74, 6) is 0. The molecule has 0 amide bonds. The summed E-state index contributed by atoms with van der Waals surface area (Å²) in [6.07, 6.45) is 5.22. The van der Waals surface area contributed by atoms with Gasteiger partial charge in [-0.15, -0.1) is 0 Å². The van der Waals surface area contributed by atoms with Crippen molar-refractivity contribution in [2.75, 3.05) is 0 Å². The quantitative estimate of drug-likeness (QED) is 0.805. The molecule has 0 saturated carbocycles. The van der Waals surface area contributed by atoms with Crippen molar-refractivity contribution >= 4 is 0 Å². The van der Waals surface area contributed by atoms with Gasteiger partial charge in [-0.3, -0.25) is 9.97 Å². The summed E-state index contributed by atoms with van der Waals surface area (Å²) in [6.45, 7) is 2.01. The molecule has 1 N–H and O–H groups in total. The summed E-state index contributed by atoms with van der Waals surface area (Å²) in [6, 6.07) is 5.85. The normalized spacial score (nSPS) is 10.3. The lowest BCUT2D eigenvalue weighted by Crippen LogP contribution is -1.89. The molecule has 2 heterocycles. The Morgan fingerprint density at radius 1 is 1.20 bits per heavy atom. The molecule has 0 aliphatic heterocycles. The Morgan fingerprint density at radius 2 is 2.07 bits per heavy atom. The van der Waals surface area contributed by atoms with Crippen molar-refractivity contribution in [3.8, 4) is 11.3 Å². The molecule has 0 bridgehead atoms. The average Bonchev–Trinajstić information content (AvgIpc) is 2.30. The molecule has 2 aromatic heterocycles. The van der Waals surface area contributed by atoms with E-state index >= 15 is 0 Å². The van der Waals surface area contributed by atoms with Gasteiger partial charge in [0.25, 0.3) is 0 Å². The Kier molecular flexibility index (Phi) is 2.74. The maximum Gasteiger partial charge on any atom is 0.0717 e. The summed E-state index contributed by atoms with van der Waals surface area (Å²) in [5, 5.41) is 8.99. The van der Waals surface area contributed by atoms with Crippen LogP contribution in [0.15, 0.2) is 36.8 Å². The van der Waals surface area contributed by atoms with Gasteiger partial charge in [0.2, 0.25) is 0 Å². The molecule has 0 saturated heterocycles. The van der Waals surface area contributed by atoms with E-state index in [0.29, 0.717) is 0 Å². The van der Waals surface area contributed by atoms with Gasteiger partial charge in [-0.05, 0) is 30.2 Å². The first kappa shape index (κ1) is 9.80. The molecule has 0 fully saturated rings. The van der Waals surface area contributed by atoms with Gasteiger partial charge < -0.3 is 5.11 Å². The number of hydrogen-bond donors (Lipinski definition) is 1. The number of nitrogens with zero attached hydrogens (tertiary/aromatic N) is 2. The molecular formula is C12H12N2O. The molecule has 2 aromatic rings. The lowest BCUT2D eigenvalue weighted by atomic mass is 10.1. The second-order valence-electron chi connectivity index (χ2n) is 3.46. The number of pyridine rings is 2. The van der Waals surface area contributed by atoms with Crippen LogP contribution in [0.25, 0.3) is 11.3 Å². The van der Waals surface area contributed by atoms with Crippen LogP contribution >= 0.6 is 0 Å². The van der Waals surface area contributed by atoms with Gasteiger partial charge in [-0.25, -0.2) is 0 Å². The standard InChI is InChI=1S/C12H12N2O/c1-9-2-3-12(14-5-9)11-4-10(8-15)6-13-7-11/h2-7,15H,8H2,1H3. The highest BCUT2D eigenvalue weighted by atomic mass is 16.3. The van der Waals surface area contributed by atoms with Crippen LogP contribution in [0.1, 0.15) is 11.1 Å². The van der Waals surface area contributed by atoms with Crippen molar-refractivity contribution in [2.24, 2.45) is 0 Å². The average molecular weight is 200 g/mol. The van der Waals surface area contributed by atoms with Gasteiger partial charge in [0.15, 0.2) is 0 Å². The van der Waals surface area contributed by atoms with E-state index in [-0.39, 0.29) is 6.61 Å². The molecule has 0 radical (unpaired) electrons. The number of rotatable bonds is 2. The highest BCUT2D eigenvalue weighted by Gasteiger charge is 2.00. The molecule has 3 nitrogen and oxygen atoms in total. The van der Waals surface area contributed by atoms with E-state index in [1.54, 1.807) is 12.4 Å². The molecule has 0 aliphatic carbocycles. The predicted molar refractivity (Wildman–Crippen MR) is 58.1 cm³/mol. The molecule has 0 aromatic carbocycles. The Balaban J connectivity index is 2.40. The fraction of sp³-hybridized carbons (Fsp3) is 0.167. The van der Waals surface area contributed by atoms with Crippen LogP contribution < -0.4 is 0 Å². The molecule has 15 heavy (non-hydrogen) atoms. The van der Waals surface area contributed by atoms with Gasteiger partial charge in [0, 0.05) is 24.2 Å². The van der Waals surface area contributed by atoms with Crippen molar-refractivity contribution < 1.29 is 5.11 Å². The third-order valence-electron chi connectivity index (χ3n) is 2.18. The van der Waals surface area contributed by atoms with E-state index in [9.17, 15) is 0 Å². The zero-order chi connectivity index (χ0) is 10.7. The molecular weight excluding hydrogens is 188 g/mol. The Hall–Kier alpha value is -1.74. The highest BCUT2D eigenvalue weighted by molar-refractivity contribution is 5.58. The van der Waals surface area contributed by atoms with Crippen LogP contribution in [0.4, 0.5) is 0 Å².